The van der Waals surface area contributed by atoms with E-state index in [0.29, 0.717) is 0 Å². The molecular formula is C14H14N4O6S2. The van der Waals surface area contributed by atoms with Gasteiger partial charge in [-0.3, -0.25) is 20.4 Å². The molecule has 0 aliphatic carbocycles. The molecule has 2 aromatic rings. The van der Waals surface area contributed by atoms with Crippen molar-refractivity contribution in [3.8, 4) is 0 Å². The van der Waals surface area contributed by atoms with E-state index in [2.05, 4.69) is 0 Å². The largest absolute Gasteiger partial charge is 0.271 e. The number of hydrazine groups is 1. The van der Waals surface area contributed by atoms with Crippen molar-refractivity contribution in [2.45, 2.75) is 9.79 Å². The minimum atomic E-state index is -4.15. The number of carbonyl (C=O) groups is 2. The van der Waals surface area contributed by atoms with Crippen molar-refractivity contribution in [3.63, 3.8) is 0 Å². The van der Waals surface area contributed by atoms with Crippen LogP contribution in [0.3, 0.4) is 0 Å². The number of amides is 2. The summed E-state index contributed by atoms with van der Waals surface area (Å²) in [6, 6.07) is 9.97. The van der Waals surface area contributed by atoms with E-state index in [1.54, 1.807) is 0 Å². The van der Waals surface area contributed by atoms with Crippen LogP contribution in [-0.4, -0.2) is 28.6 Å². The molecule has 2 rings (SSSR count). The normalized spacial score (nSPS) is 11.6. The molecule has 10 nitrogen and oxygen atoms in total. The van der Waals surface area contributed by atoms with Gasteiger partial charge in [-0.2, -0.15) is 0 Å². The molecule has 0 spiro atoms. The minimum Gasteiger partial charge on any atom is -0.267 e. The lowest BCUT2D eigenvalue weighted by Gasteiger charge is -2.10. The van der Waals surface area contributed by atoms with E-state index in [1.165, 1.54) is 36.4 Å². The Morgan fingerprint density at radius 1 is 0.769 bits per heavy atom. The van der Waals surface area contributed by atoms with Gasteiger partial charge in [0.2, 0.25) is 20.0 Å². The number of carbonyl (C=O) groups excluding carboxylic acids is 2. The van der Waals surface area contributed by atoms with Crippen molar-refractivity contribution in [1.82, 2.24) is 10.9 Å². The van der Waals surface area contributed by atoms with E-state index in [1.807, 2.05) is 10.9 Å². The van der Waals surface area contributed by atoms with Gasteiger partial charge in [0, 0.05) is 5.56 Å². The van der Waals surface area contributed by atoms with Gasteiger partial charge in [0.05, 0.1) is 15.4 Å². The number of nitrogens with one attached hydrogen (secondary N) is 2. The fraction of sp³-hybridized carbons (Fsp3) is 0. The van der Waals surface area contributed by atoms with E-state index in [-0.39, 0.29) is 16.0 Å². The van der Waals surface area contributed by atoms with Crippen molar-refractivity contribution in [2.24, 2.45) is 10.3 Å². The highest BCUT2D eigenvalue weighted by atomic mass is 32.2. The second kappa shape index (κ2) is 7.21. The van der Waals surface area contributed by atoms with Crippen molar-refractivity contribution < 1.29 is 26.4 Å². The van der Waals surface area contributed by atoms with Crippen LogP contribution in [0.1, 0.15) is 20.7 Å². The van der Waals surface area contributed by atoms with Crippen LogP contribution in [0.25, 0.3) is 0 Å². The Bertz CT molecular complexity index is 1080. The molecule has 138 valence electrons. The van der Waals surface area contributed by atoms with Crippen molar-refractivity contribution in [2.75, 3.05) is 0 Å². The van der Waals surface area contributed by atoms with Gasteiger partial charge in [0.15, 0.2) is 0 Å². The lowest BCUT2D eigenvalue weighted by atomic mass is 10.2. The number of hydrogen-bond donors (Lipinski definition) is 4. The Kier molecular flexibility index (Phi) is 5.41. The van der Waals surface area contributed by atoms with Crippen LogP contribution >= 0.6 is 0 Å². The lowest BCUT2D eigenvalue weighted by molar-refractivity contribution is 0.0845. The number of hydrogen-bond acceptors (Lipinski definition) is 6. The van der Waals surface area contributed by atoms with Crippen LogP contribution in [0.5, 0.6) is 0 Å². The predicted molar refractivity (Wildman–Crippen MR) is 90.6 cm³/mol. The molecule has 0 fully saturated rings. The summed E-state index contributed by atoms with van der Waals surface area (Å²) in [5, 5.41) is 10.0. The highest BCUT2D eigenvalue weighted by molar-refractivity contribution is 7.89. The second-order valence-corrected chi connectivity index (χ2v) is 8.11. The third kappa shape index (κ3) is 4.64. The monoisotopic (exact) mass is 398 g/mol. The Labute approximate surface area is 149 Å². The number of sulfonamides is 2. The molecule has 0 bridgehead atoms. The summed E-state index contributed by atoms with van der Waals surface area (Å²) in [6.45, 7) is 0. The summed E-state index contributed by atoms with van der Waals surface area (Å²) in [5.74, 6) is -1.76. The van der Waals surface area contributed by atoms with Gasteiger partial charge in [0.25, 0.3) is 11.8 Å². The number of benzene rings is 2. The van der Waals surface area contributed by atoms with E-state index in [0.717, 1.165) is 12.1 Å². The van der Waals surface area contributed by atoms with Gasteiger partial charge in [-0.15, -0.1) is 0 Å². The molecule has 0 saturated heterocycles. The van der Waals surface area contributed by atoms with Crippen molar-refractivity contribution in [1.29, 1.82) is 0 Å². The van der Waals surface area contributed by atoms with Crippen LogP contribution in [0.2, 0.25) is 0 Å². The van der Waals surface area contributed by atoms with Gasteiger partial charge in [-0.1, -0.05) is 18.2 Å². The minimum absolute atomic E-state index is 0.0865. The van der Waals surface area contributed by atoms with Gasteiger partial charge in [-0.25, -0.2) is 27.1 Å². The maximum absolute atomic E-state index is 12.1. The zero-order valence-electron chi connectivity index (χ0n) is 13.0. The summed E-state index contributed by atoms with van der Waals surface area (Å²) >= 11 is 0. The molecule has 0 aliphatic rings. The molecule has 0 saturated carbocycles. The van der Waals surface area contributed by atoms with Crippen LogP contribution in [0, 0.1) is 0 Å². The second-order valence-electron chi connectivity index (χ2n) is 5.02. The third-order valence-corrected chi connectivity index (χ3v) is 5.03. The number of rotatable bonds is 4. The highest BCUT2D eigenvalue weighted by Crippen LogP contribution is 2.13. The Morgan fingerprint density at radius 3 is 2.00 bits per heavy atom. The molecule has 0 heterocycles. The summed E-state index contributed by atoms with van der Waals surface area (Å²) in [5.41, 5.74) is 3.72. The molecule has 0 aliphatic heterocycles. The Hall–Kier alpha value is -2.80. The first kappa shape index (κ1) is 19.5. The summed E-state index contributed by atoms with van der Waals surface area (Å²) in [4.78, 5) is 23.5. The zero-order chi connectivity index (χ0) is 19.5. The number of nitrogens with two attached hydrogens (primary N) is 2. The zero-order valence-corrected chi connectivity index (χ0v) is 14.7. The predicted octanol–water partition coefficient (Wildman–Crippen LogP) is -0.944. The molecule has 6 N–H and O–H groups in total. The molecule has 26 heavy (non-hydrogen) atoms. The van der Waals surface area contributed by atoms with Crippen LogP contribution < -0.4 is 21.1 Å². The molecular weight excluding hydrogens is 384 g/mol. The van der Waals surface area contributed by atoms with Crippen LogP contribution in [-0.2, 0) is 20.0 Å². The highest BCUT2D eigenvalue weighted by Gasteiger charge is 2.19. The smallest absolute Gasteiger partial charge is 0.267 e. The molecule has 0 atom stereocenters. The molecule has 12 heteroatoms. The van der Waals surface area contributed by atoms with E-state index in [4.69, 9.17) is 10.3 Å². The summed E-state index contributed by atoms with van der Waals surface area (Å²) < 4.78 is 45.6. The molecule has 0 radical (unpaired) electrons. The van der Waals surface area contributed by atoms with Crippen LogP contribution in [0.4, 0.5) is 0 Å². The first-order valence-electron chi connectivity index (χ1n) is 6.85. The van der Waals surface area contributed by atoms with Gasteiger partial charge >= 0.3 is 0 Å². The van der Waals surface area contributed by atoms with Crippen LogP contribution in [0.15, 0.2) is 58.3 Å². The topological polar surface area (TPSA) is 179 Å². The first-order chi connectivity index (χ1) is 12.0. The molecule has 0 unspecified atom stereocenters. The van der Waals surface area contributed by atoms with Gasteiger partial charge < -0.3 is 0 Å². The maximum atomic E-state index is 12.1. The van der Waals surface area contributed by atoms with Crippen molar-refractivity contribution >= 4 is 31.9 Å². The van der Waals surface area contributed by atoms with Gasteiger partial charge in [-0.05, 0) is 30.3 Å². The quantitative estimate of drug-likeness (QED) is 0.482. The Balaban J connectivity index is 2.18. The molecule has 2 aromatic carbocycles. The first-order valence-corrected chi connectivity index (χ1v) is 9.95. The average molecular weight is 398 g/mol. The molecule has 0 aromatic heterocycles. The standard InChI is InChI=1S/C14H14N4O6S2/c15-25(21,22)10-5-3-4-9(8-10)13(19)17-18-14(20)11-6-1-2-7-12(11)26(16,23)24/h1-8H,(H,17,19)(H,18,20)(H2,15,21,22)(H2,16,23,24). The molecule has 2 amide bonds. The van der Waals surface area contributed by atoms with E-state index >= 15 is 0 Å². The maximum Gasteiger partial charge on any atom is 0.271 e. The average Bonchev–Trinajstić information content (AvgIpc) is 2.58. The van der Waals surface area contributed by atoms with E-state index < -0.39 is 36.8 Å². The summed E-state index contributed by atoms with van der Waals surface area (Å²) in [7, 11) is -8.15. The third-order valence-electron chi connectivity index (χ3n) is 3.15. The lowest BCUT2D eigenvalue weighted by Crippen LogP contribution is -2.42. The van der Waals surface area contributed by atoms with E-state index in [9.17, 15) is 26.4 Å². The van der Waals surface area contributed by atoms with Gasteiger partial charge in [0.1, 0.15) is 0 Å². The summed E-state index contributed by atoms with van der Waals surface area (Å²) in [6.07, 6.45) is 0. The Morgan fingerprint density at radius 2 is 1.38 bits per heavy atom. The van der Waals surface area contributed by atoms with Crippen molar-refractivity contribution in [3.05, 3.63) is 59.7 Å². The number of primary sulfonamides is 2. The SMILES string of the molecule is NS(=O)(=O)c1cccc(C(=O)NNC(=O)c2ccccc2S(N)(=O)=O)c1. The fourth-order valence-corrected chi connectivity index (χ4v) is 3.26. The fourth-order valence-electron chi connectivity index (χ4n) is 1.97.